The Labute approximate surface area is 60.5 Å². The average Bonchev–Trinajstić information content (AvgIpc) is 1.60. The van der Waals surface area contributed by atoms with Gasteiger partial charge in [0.15, 0.2) is 0 Å². The summed E-state index contributed by atoms with van der Waals surface area (Å²) in [6.45, 7) is 4.96. The molecule has 1 radical (unpaired) electrons. The van der Waals surface area contributed by atoms with Crippen LogP contribution in [0.5, 0.6) is 0 Å². The van der Waals surface area contributed by atoms with E-state index in [0.29, 0.717) is 6.42 Å². The van der Waals surface area contributed by atoms with E-state index in [9.17, 15) is 9.46 Å². The second-order valence-corrected chi connectivity index (χ2v) is 3.79. The van der Waals surface area contributed by atoms with Crippen molar-refractivity contribution in [2.75, 3.05) is 0 Å². The van der Waals surface area contributed by atoms with Crippen LogP contribution in [0.2, 0.25) is 0 Å². The lowest BCUT2D eigenvalue weighted by atomic mass is 10.1. The van der Waals surface area contributed by atoms with Crippen LogP contribution in [0.1, 0.15) is 27.2 Å². The summed E-state index contributed by atoms with van der Waals surface area (Å²) in [7, 11) is -4.55. The van der Waals surface area contributed by atoms with Crippen molar-refractivity contribution in [3.63, 3.8) is 0 Å². The molecule has 0 aromatic rings. The highest BCUT2D eigenvalue weighted by Crippen LogP contribution is 2.43. The predicted molar refractivity (Wildman–Crippen MR) is 36.0 cm³/mol. The molecule has 0 amide bonds. The molecule has 0 spiro atoms. The molecule has 0 aromatic heterocycles. The minimum atomic E-state index is -4.55. The van der Waals surface area contributed by atoms with Crippen molar-refractivity contribution < 1.29 is 18.9 Å². The van der Waals surface area contributed by atoms with Gasteiger partial charge in [-0.1, -0.05) is 6.92 Å². The Balaban J connectivity index is 4.02. The molecule has 0 saturated carbocycles. The van der Waals surface area contributed by atoms with Gasteiger partial charge in [0, 0.05) is 0 Å². The largest absolute Gasteiger partial charge is 0.500 e. The molecule has 0 saturated heterocycles. The summed E-state index contributed by atoms with van der Waals surface area (Å²) in [5.41, 5.74) is -0.800. The Morgan fingerprint density at radius 1 is 1.60 bits per heavy atom. The third-order valence-electron chi connectivity index (χ3n) is 1.21. The minimum Gasteiger partial charge on any atom is -0.301 e. The van der Waals surface area contributed by atoms with Gasteiger partial charge in [0.2, 0.25) is 0 Å². The number of rotatable bonds is 3. The van der Waals surface area contributed by atoms with Crippen molar-refractivity contribution in [1.29, 1.82) is 0 Å². The van der Waals surface area contributed by atoms with E-state index in [1.54, 1.807) is 20.8 Å². The lowest BCUT2D eigenvalue weighted by Crippen LogP contribution is -2.20. The van der Waals surface area contributed by atoms with Crippen LogP contribution in [0.4, 0.5) is 0 Å². The predicted octanol–water partition coefficient (Wildman–Crippen LogP) is 1.72. The summed E-state index contributed by atoms with van der Waals surface area (Å²) in [6, 6.07) is 0. The van der Waals surface area contributed by atoms with E-state index in [0.717, 1.165) is 0 Å². The third kappa shape index (κ3) is 4.94. The molecule has 0 heterocycles. The second kappa shape index (κ2) is 3.01. The molecule has 61 valence electrons. The van der Waals surface area contributed by atoms with Crippen LogP contribution < -0.4 is 0 Å². The Bertz CT molecular complexity index is 148. The van der Waals surface area contributed by atoms with Crippen molar-refractivity contribution in [3.05, 3.63) is 0 Å². The van der Waals surface area contributed by atoms with E-state index in [4.69, 9.17) is 4.89 Å². The summed E-state index contributed by atoms with van der Waals surface area (Å²) in [5, 5.41) is 0. The summed E-state index contributed by atoms with van der Waals surface area (Å²) in [5.74, 6) is 0. The first-order chi connectivity index (χ1) is 4.27. The first-order valence-corrected chi connectivity index (χ1v) is 4.51. The second-order valence-electron chi connectivity index (χ2n) is 2.67. The van der Waals surface area contributed by atoms with Crippen LogP contribution >= 0.6 is 7.82 Å². The Morgan fingerprint density at radius 3 is 2.10 bits per heavy atom. The van der Waals surface area contributed by atoms with Crippen LogP contribution in [-0.2, 0) is 14.0 Å². The summed E-state index contributed by atoms with van der Waals surface area (Å²) >= 11 is 0. The standard InChI is InChI=1S/C5H12O4P/c1-4-5(2,3)9-10(6,7)8/h4H2,1-3H3,(H,6,7). The molecule has 4 nitrogen and oxygen atoms in total. The van der Waals surface area contributed by atoms with Gasteiger partial charge < -0.3 is 4.89 Å². The molecular weight excluding hydrogens is 155 g/mol. The van der Waals surface area contributed by atoms with Gasteiger partial charge in [0.05, 0.1) is 5.60 Å². The van der Waals surface area contributed by atoms with Gasteiger partial charge in [0.1, 0.15) is 0 Å². The van der Waals surface area contributed by atoms with Gasteiger partial charge >= 0.3 is 7.82 Å². The molecule has 0 aliphatic heterocycles. The molecule has 0 aromatic carbocycles. The number of hydrogen-bond acceptors (Lipinski definition) is 2. The number of hydrogen-bond donors (Lipinski definition) is 1. The highest BCUT2D eigenvalue weighted by molar-refractivity contribution is 7.46. The zero-order valence-corrected chi connectivity index (χ0v) is 7.22. The van der Waals surface area contributed by atoms with Crippen LogP contribution in [-0.4, -0.2) is 10.5 Å². The lowest BCUT2D eigenvalue weighted by Gasteiger charge is -2.22. The molecule has 1 unspecified atom stereocenters. The smallest absolute Gasteiger partial charge is 0.301 e. The van der Waals surface area contributed by atoms with Gasteiger partial charge in [-0.3, -0.25) is 4.52 Å². The first kappa shape index (κ1) is 10.1. The molecule has 0 aliphatic rings. The molecule has 0 bridgehead atoms. The summed E-state index contributed by atoms with van der Waals surface area (Å²) in [4.78, 5) is 18.4. The third-order valence-corrected chi connectivity index (χ3v) is 1.94. The van der Waals surface area contributed by atoms with E-state index in [-0.39, 0.29) is 0 Å². The zero-order chi connectivity index (χ0) is 8.41. The molecule has 1 N–H and O–H groups in total. The van der Waals surface area contributed by atoms with Gasteiger partial charge in [0.25, 0.3) is 0 Å². The van der Waals surface area contributed by atoms with Gasteiger partial charge in [-0.2, -0.15) is 0 Å². The Kier molecular flexibility index (Phi) is 3.04. The van der Waals surface area contributed by atoms with Crippen molar-refractivity contribution in [1.82, 2.24) is 0 Å². The quantitative estimate of drug-likeness (QED) is 0.650. The fourth-order valence-corrected chi connectivity index (χ4v) is 1.13. The van der Waals surface area contributed by atoms with Crippen molar-refractivity contribution in [3.8, 4) is 0 Å². The van der Waals surface area contributed by atoms with E-state index < -0.39 is 13.4 Å². The first-order valence-electron chi connectivity index (χ1n) is 3.01. The van der Waals surface area contributed by atoms with E-state index in [1.807, 2.05) is 0 Å². The molecule has 0 fully saturated rings. The summed E-state index contributed by atoms with van der Waals surface area (Å²) in [6.07, 6.45) is 0.528. The van der Waals surface area contributed by atoms with Crippen molar-refractivity contribution in [2.24, 2.45) is 0 Å². The average molecular weight is 167 g/mol. The van der Waals surface area contributed by atoms with Crippen LogP contribution in [0.3, 0.4) is 0 Å². The topological polar surface area (TPSA) is 66.4 Å². The monoisotopic (exact) mass is 167 g/mol. The Hall–Kier alpha value is 0.110. The van der Waals surface area contributed by atoms with E-state index in [1.165, 1.54) is 0 Å². The normalized spacial score (nSPS) is 13.7. The highest BCUT2D eigenvalue weighted by atomic mass is 31.2. The van der Waals surface area contributed by atoms with Gasteiger partial charge in [-0.15, -0.1) is 4.89 Å². The van der Waals surface area contributed by atoms with Gasteiger partial charge in [-0.25, -0.2) is 4.57 Å². The van der Waals surface area contributed by atoms with E-state index >= 15 is 0 Å². The maximum absolute atomic E-state index is 10.2. The highest BCUT2D eigenvalue weighted by Gasteiger charge is 2.28. The molecule has 5 heteroatoms. The van der Waals surface area contributed by atoms with E-state index in [2.05, 4.69) is 4.52 Å². The molecule has 1 atom stereocenters. The lowest BCUT2D eigenvalue weighted by molar-refractivity contribution is 0.0516. The fraction of sp³-hybridized carbons (Fsp3) is 1.00. The molecule has 10 heavy (non-hydrogen) atoms. The Morgan fingerprint density at radius 2 is 2.00 bits per heavy atom. The van der Waals surface area contributed by atoms with Crippen LogP contribution in [0.25, 0.3) is 0 Å². The molecule has 0 rings (SSSR count). The van der Waals surface area contributed by atoms with Crippen LogP contribution in [0, 0.1) is 0 Å². The zero-order valence-electron chi connectivity index (χ0n) is 6.33. The maximum Gasteiger partial charge on any atom is 0.500 e. The molecular formula is C5H12O4P. The SMILES string of the molecule is CCC(C)(C)OP([O])(=O)O. The fourth-order valence-electron chi connectivity index (χ4n) is 0.377. The van der Waals surface area contributed by atoms with Gasteiger partial charge in [-0.05, 0) is 20.3 Å². The summed E-state index contributed by atoms with van der Waals surface area (Å²) < 4.78 is 14.5. The van der Waals surface area contributed by atoms with Crippen LogP contribution in [0.15, 0.2) is 0 Å². The molecule has 0 aliphatic carbocycles. The maximum atomic E-state index is 10.2. The van der Waals surface area contributed by atoms with Crippen molar-refractivity contribution >= 4 is 7.82 Å². The minimum absolute atomic E-state index is 0.528. The van der Waals surface area contributed by atoms with Crippen molar-refractivity contribution in [2.45, 2.75) is 32.8 Å².